The van der Waals surface area contributed by atoms with Gasteiger partial charge in [0.15, 0.2) is 0 Å². The van der Waals surface area contributed by atoms with Gasteiger partial charge in [0.2, 0.25) is 5.95 Å². The highest BCUT2D eigenvalue weighted by molar-refractivity contribution is 5.95. The van der Waals surface area contributed by atoms with Crippen LogP contribution in [0, 0.1) is 5.82 Å². The minimum absolute atomic E-state index is 0.204. The molecule has 0 bridgehead atoms. The summed E-state index contributed by atoms with van der Waals surface area (Å²) in [7, 11) is 0. The maximum absolute atomic E-state index is 13.4. The second-order valence-corrected chi connectivity index (χ2v) is 7.51. The molecule has 1 atom stereocenters. The van der Waals surface area contributed by atoms with Crippen LogP contribution >= 0.6 is 0 Å². The number of aromatic nitrogens is 2. The van der Waals surface area contributed by atoms with Crippen molar-refractivity contribution >= 4 is 17.9 Å². The minimum Gasteiger partial charge on any atom is -0.463 e. The van der Waals surface area contributed by atoms with Gasteiger partial charge in [-0.3, -0.25) is 4.90 Å². The summed E-state index contributed by atoms with van der Waals surface area (Å²) in [5, 5.41) is 5.54. The Labute approximate surface area is 185 Å². The van der Waals surface area contributed by atoms with Crippen molar-refractivity contribution in [3.8, 4) is 0 Å². The van der Waals surface area contributed by atoms with Crippen LogP contribution in [0.3, 0.4) is 0 Å². The van der Waals surface area contributed by atoms with Crippen molar-refractivity contribution in [3.05, 3.63) is 65.4 Å². The Balaban J connectivity index is 1.56. The first-order valence-corrected chi connectivity index (χ1v) is 10.5. The van der Waals surface area contributed by atoms with Crippen molar-refractivity contribution in [3.63, 3.8) is 0 Å². The first kappa shape index (κ1) is 21.7. The molecule has 2 amide bonds. The number of piperazine rings is 1. The fraction of sp³-hybridized carbons (Fsp3) is 0.364. The van der Waals surface area contributed by atoms with E-state index in [2.05, 4.69) is 30.4 Å². The van der Waals surface area contributed by atoms with Gasteiger partial charge in [-0.25, -0.2) is 23.9 Å². The number of anilines is 1. The summed E-state index contributed by atoms with van der Waals surface area (Å²) in [5.41, 5.74) is 1.42. The normalized spacial score (nSPS) is 19.4. The topological polar surface area (TPSA) is 99.7 Å². The number of amides is 2. The number of rotatable bonds is 6. The number of nitrogens with zero attached hydrogens (tertiary/aromatic N) is 4. The monoisotopic (exact) mass is 440 g/mol. The van der Waals surface area contributed by atoms with Crippen molar-refractivity contribution < 1.29 is 18.7 Å². The van der Waals surface area contributed by atoms with Gasteiger partial charge in [-0.05, 0) is 30.7 Å². The third-order valence-corrected chi connectivity index (χ3v) is 5.44. The highest BCUT2D eigenvalue weighted by Crippen LogP contribution is 2.28. The summed E-state index contributed by atoms with van der Waals surface area (Å²) in [5.74, 6) is -0.220. The lowest BCUT2D eigenvalue weighted by molar-refractivity contribution is -0.139. The van der Waals surface area contributed by atoms with E-state index in [4.69, 9.17) is 4.74 Å². The Morgan fingerprint density at radius 2 is 1.84 bits per heavy atom. The molecule has 1 aromatic carbocycles. The van der Waals surface area contributed by atoms with Crippen LogP contribution < -0.4 is 15.5 Å². The molecule has 2 N–H and O–H groups in total. The molecule has 2 aliphatic rings. The fourth-order valence-electron chi connectivity index (χ4n) is 3.88. The van der Waals surface area contributed by atoms with Crippen LogP contribution in [0.5, 0.6) is 0 Å². The van der Waals surface area contributed by atoms with E-state index in [1.165, 1.54) is 12.1 Å². The van der Waals surface area contributed by atoms with Crippen LogP contribution in [0.1, 0.15) is 18.5 Å². The molecule has 32 heavy (non-hydrogen) atoms. The van der Waals surface area contributed by atoms with Gasteiger partial charge >= 0.3 is 12.0 Å². The van der Waals surface area contributed by atoms with Gasteiger partial charge in [-0.1, -0.05) is 12.1 Å². The van der Waals surface area contributed by atoms with Crippen LogP contribution in [0.2, 0.25) is 0 Å². The zero-order valence-corrected chi connectivity index (χ0v) is 17.8. The second-order valence-electron chi connectivity index (χ2n) is 7.51. The van der Waals surface area contributed by atoms with Crippen LogP contribution in [0.15, 0.2) is 54.0 Å². The van der Waals surface area contributed by atoms with Crippen molar-refractivity contribution in [1.29, 1.82) is 0 Å². The molecule has 10 heteroatoms. The third kappa shape index (κ3) is 4.86. The Hall–Kier alpha value is -3.53. The minimum atomic E-state index is -0.725. The number of benzene rings is 1. The molecule has 3 heterocycles. The summed E-state index contributed by atoms with van der Waals surface area (Å²) in [4.78, 5) is 38.1. The van der Waals surface area contributed by atoms with E-state index < -0.39 is 23.9 Å². The molecule has 2 aliphatic heterocycles. The summed E-state index contributed by atoms with van der Waals surface area (Å²) in [6.45, 7) is 5.17. The average Bonchev–Trinajstić information content (AvgIpc) is 2.80. The standard InChI is InChI=1S/C22H25FN6O3/c1-2-32-20(30)18-17(26-22(31)27-19(18)15-4-6-16(23)7-5-15)14-28-10-12-29(13-11-28)21-24-8-3-9-25-21/h3-9,19H,2,10-14H2,1H3,(H2,26,27,31). The predicted molar refractivity (Wildman–Crippen MR) is 115 cm³/mol. The fourth-order valence-corrected chi connectivity index (χ4v) is 3.88. The van der Waals surface area contributed by atoms with Crippen LogP contribution in [0.4, 0.5) is 15.1 Å². The maximum Gasteiger partial charge on any atom is 0.338 e. The van der Waals surface area contributed by atoms with Crippen LogP contribution in [-0.4, -0.2) is 66.2 Å². The molecule has 0 radical (unpaired) electrons. The summed E-state index contributed by atoms with van der Waals surface area (Å²) < 4.78 is 18.7. The van der Waals surface area contributed by atoms with Crippen molar-refractivity contribution in [2.75, 3.05) is 44.2 Å². The van der Waals surface area contributed by atoms with E-state index in [1.54, 1.807) is 37.5 Å². The molecule has 1 fully saturated rings. The van der Waals surface area contributed by atoms with Crippen LogP contribution in [-0.2, 0) is 9.53 Å². The highest BCUT2D eigenvalue weighted by atomic mass is 19.1. The quantitative estimate of drug-likeness (QED) is 0.659. The molecule has 168 valence electrons. The van der Waals surface area contributed by atoms with Gasteiger partial charge in [0.1, 0.15) is 5.82 Å². The summed E-state index contributed by atoms with van der Waals surface area (Å²) >= 11 is 0. The average molecular weight is 440 g/mol. The molecule has 0 saturated carbocycles. The van der Waals surface area contributed by atoms with Gasteiger partial charge in [-0.2, -0.15) is 0 Å². The van der Waals surface area contributed by atoms with E-state index >= 15 is 0 Å². The molecule has 4 rings (SSSR count). The number of carbonyl (C=O) groups excluding carboxylic acids is 2. The van der Waals surface area contributed by atoms with Gasteiger partial charge < -0.3 is 20.3 Å². The summed E-state index contributed by atoms with van der Waals surface area (Å²) in [6.07, 6.45) is 3.43. The summed E-state index contributed by atoms with van der Waals surface area (Å²) in [6, 6.07) is 6.35. The largest absolute Gasteiger partial charge is 0.463 e. The van der Waals surface area contributed by atoms with Crippen molar-refractivity contribution in [2.45, 2.75) is 13.0 Å². The molecule has 1 saturated heterocycles. The molecule has 0 aliphatic carbocycles. The molecule has 0 spiro atoms. The van der Waals surface area contributed by atoms with Gasteiger partial charge in [0.25, 0.3) is 0 Å². The number of esters is 1. The zero-order valence-electron chi connectivity index (χ0n) is 17.8. The number of hydrogen-bond donors (Lipinski definition) is 2. The number of hydrogen-bond acceptors (Lipinski definition) is 7. The lowest BCUT2D eigenvalue weighted by Gasteiger charge is -2.37. The van der Waals surface area contributed by atoms with Gasteiger partial charge in [0.05, 0.1) is 18.2 Å². The molecule has 2 aromatic rings. The number of urea groups is 1. The maximum atomic E-state index is 13.4. The second kappa shape index (κ2) is 9.73. The van der Waals surface area contributed by atoms with E-state index in [-0.39, 0.29) is 6.61 Å². The number of ether oxygens (including phenoxy) is 1. The Morgan fingerprint density at radius 3 is 2.50 bits per heavy atom. The first-order chi connectivity index (χ1) is 15.5. The van der Waals surface area contributed by atoms with Crippen LogP contribution in [0.25, 0.3) is 0 Å². The van der Waals surface area contributed by atoms with Gasteiger partial charge in [0, 0.05) is 50.8 Å². The number of nitrogens with one attached hydrogen (secondary N) is 2. The highest BCUT2D eigenvalue weighted by Gasteiger charge is 2.34. The third-order valence-electron chi connectivity index (χ3n) is 5.44. The Morgan fingerprint density at radius 1 is 1.16 bits per heavy atom. The molecular formula is C22H25FN6O3. The lowest BCUT2D eigenvalue weighted by Crippen LogP contribution is -2.52. The molecule has 1 aromatic heterocycles. The van der Waals surface area contributed by atoms with E-state index in [9.17, 15) is 14.0 Å². The molecular weight excluding hydrogens is 415 g/mol. The predicted octanol–water partition coefficient (Wildman–Crippen LogP) is 1.61. The van der Waals surface area contributed by atoms with Crippen molar-refractivity contribution in [2.24, 2.45) is 0 Å². The Kier molecular flexibility index (Phi) is 6.60. The zero-order chi connectivity index (χ0) is 22.5. The van der Waals surface area contributed by atoms with E-state index in [1.807, 2.05) is 0 Å². The number of carbonyl (C=O) groups is 2. The lowest BCUT2D eigenvalue weighted by atomic mass is 9.95. The molecule has 1 unspecified atom stereocenters. The van der Waals surface area contributed by atoms with Crippen molar-refractivity contribution in [1.82, 2.24) is 25.5 Å². The van der Waals surface area contributed by atoms with Gasteiger partial charge in [-0.15, -0.1) is 0 Å². The van der Waals surface area contributed by atoms with E-state index in [0.717, 1.165) is 13.1 Å². The smallest absolute Gasteiger partial charge is 0.338 e. The number of halogens is 1. The Bertz CT molecular complexity index is 990. The SMILES string of the molecule is CCOC(=O)C1=C(CN2CCN(c3ncccn3)CC2)NC(=O)NC1c1ccc(F)cc1. The first-order valence-electron chi connectivity index (χ1n) is 10.5. The molecule has 9 nitrogen and oxygen atoms in total. The van der Waals surface area contributed by atoms with E-state index in [0.29, 0.717) is 42.4 Å².